The molecular formula is C18H15FN2O4. The minimum Gasteiger partial charge on any atom is -0.497 e. The van der Waals surface area contributed by atoms with E-state index in [1.54, 1.807) is 30.3 Å². The van der Waals surface area contributed by atoms with E-state index in [1.165, 1.54) is 32.4 Å². The van der Waals surface area contributed by atoms with E-state index in [4.69, 9.17) is 14.0 Å². The van der Waals surface area contributed by atoms with Crippen LogP contribution in [-0.4, -0.2) is 25.3 Å². The van der Waals surface area contributed by atoms with Crippen molar-refractivity contribution in [2.24, 2.45) is 0 Å². The average Bonchev–Trinajstić information content (AvgIpc) is 3.12. The molecule has 0 atom stereocenters. The van der Waals surface area contributed by atoms with Crippen LogP contribution in [-0.2, 0) is 0 Å². The molecule has 0 radical (unpaired) electrons. The zero-order valence-electron chi connectivity index (χ0n) is 13.6. The van der Waals surface area contributed by atoms with Crippen molar-refractivity contribution in [2.45, 2.75) is 0 Å². The number of carbonyl (C=O) groups excluding carboxylic acids is 1. The normalized spacial score (nSPS) is 10.4. The molecule has 0 unspecified atom stereocenters. The fourth-order valence-corrected chi connectivity index (χ4v) is 2.26. The van der Waals surface area contributed by atoms with Gasteiger partial charge in [-0.3, -0.25) is 4.79 Å². The molecule has 3 aromatic rings. The second-order valence-electron chi connectivity index (χ2n) is 5.11. The Kier molecular flexibility index (Phi) is 4.65. The number of amides is 1. The Balaban J connectivity index is 1.83. The Labute approximate surface area is 143 Å². The zero-order chi connectivity index (χ0) is 17.8. The molecule has 7 heteroatoms. The quantitative estimate of drug-likeness (QED) is 0.764. The van der Waals surface area contributed by atoms with Crippen LogP contribution in [0, 0.1) is 5.82 Å². The Bertz CT molecular complexity index is 908. The van der Waals surface area contributed by atoms with Gasteiger partial charge in [-0.1, -0.05) is 17.3 Å². The Hall–Kier alpha value is -3.35. The van der Waals surface area contributed by atoms with Crippen molar-refractivity contribution < 1.29 is 23.2 Å². The highest BCUT2D eigenvalue weighted by atomic mass is 19.1. The van der Waals surface area contributed by atoms with Gasteiger partial charge in [-0.15, -0.1) is 0 Å². The third-order valence-corrected chi connectivity index (χ3v) is 3.51. The summed E-state index contributed by atoms with van der Waals surface area (Å²) in [5.74, 6) is 0.117. The summed E-state index contributed by atoms with van der Waals surface area (Å²) in [6.07, 6.45) is 0. The van der Waals surface area contributed by atoms with Gasteiger partial charge in [-0.2, -0.15) is 0 Å². The van der Waals surface area contributed by atoms with Gasteiger partial charge in [0.25, 0.3) is 5.91 Å². The van der Waals surface area contributed by atoms with E-state index in [0.29, 0.717) is 28.4 Å². The smallest absolute Gasteiger partial charge is 0.294 e. The third-order valence-electron chi connectivity index (χ3n) is 3.51. The van der Waals surface area contributed by atoms with Crippen molar-refractivity contribution >= 4 is 11.6 Å². The highest BCUT2D eigenvalue weighted by Crippen LogP contribution is 2.29. The number of anilines is 1. The molecular weight excluding hydrogens is 327 g/mol. The highest BCUT2D eigenvalue weighted by Gasteiger charge is 2.17. The van der Waals surface area contributed by atoms with Crippen LogP contribution in [0.15, 0.2) is 53.1 Å². The third kappa shape index (κ3) is 3.60. The van der Waals surface area contributed by atoms with Crippen LogP contribution in [0.25, 0.3) is 11.3 Å². The van der Waals surface area contributed by atoms with Crippen LogP contribution in [0.4, 0.5) is 10.1 Å². The predicted octanol–water partition coefficient (Wildman–Crippen LogP) is 3.75. The molecule has 0 saturated heterocycles. The number of nitrogens with one attached hydrogen (secondary N) is 1. The summed E-state index contributed by atoms with van der Waals surface area (Å²) < 4.78 is 28.7. The van der Waals surface area contributed by atoms with Crippen molar-refractivity contribution in [3.63, 3.8) is 0 Å². The first-order valence-corrected chi connectivity index (χ1v) is 7.36. The molecule has 0 bridgehead atoms. The highest BCUT2D eigenvalue weighted by molar-refractivity contribution is 6.03. The van der Waals surface area contributed by atoms with E-state index < -0.39 is 11.7 Å². The first-order chi connectivity index (χ1) is 12.1. The van der Waals surface area contributed by atoms with E-state index >= 15 is 0 Å². The summed E-state index contributed by atoms with van der Waals surface area (Å²) in [6, 6.07) is 12.3. The SMILES string of the molecule is COc1ccc(OC)c(NC(=O)c2cc(-c3cccc(F)c3)no2)c1. The topological polar surface area (TPSA) is 73.6 Å². The number of rotatable bonds is 5. The van der Waals surface area contributed by atoms with Crippen LogP contribution in [0.2, 0.25) is 0 Å². The molecule has 2 aromatic carbocycles. The van der Waals surface area contributed by atoms with Gasteiger partial charge in [0.05, 0.1) is 19.9 Å². The van der Waals surface area contributed by atoms with Crippen molar-refractivity contribution in [3.8, 4) is 22.8 Å². The summed E-state index contributed by atoms with van der Waals surface area (Å²) in [7, 11) is 3.02. The molecule has 6 nitrogen and oxygen atoms in total. The molecule has 1 heterocycles. The molecule has 0 saturated carbocycles. The Morgan fingerprint density at radius 3 is 2.68 bits per heavy atom. The van der Waals surface area contributed by atoms with Gasteiger partial charge in [-0.05, 0) is 24.3 Å². The lowest BCUT2D eigenvalue weighted by molar-refractivity contribution is 0.0987. The average molecular weight is 342 g/mol. The molecule has 0 fully saturated rings. The number of methoxy groups -OCH3 is 2. The van der Waals surface area contributed by atoms with Crippen molar-refractivity contribution in [3.05, 3.63) is 60.1 Å². The van der Waals surface area contributed by atoms with Gasteiger partial charge in [-0.25, -0.2) is 4.39 Å². The fourth-order valence-electron chi connectivity index (χ4n) is 2.26. The Morgan fingerprint density at radius 1 is 1.12 bits per heavy atom. The number of ether oxygens (including phenoxy) is 2. The molecule has 1 aromatic heterocycles. The van der Waals surface area contributed by atoms with E-state index in [2.05, 4.69) is 10.5 Å². The molecule has 0 aliphatic heterocycles. The summed E-state index contributed by atoms with van der Waals surface area (Å²) >= 11 is 0. The van der Waals surface area contributed by atoms with Crippen LogP contribution in [0.5, 0.6) is 11.5 Å². The lowest BCUT2D eigenvalue weighted by Crippen LogP contribution is -2.11. The number of benzene rings is 2. The number of nitrogens with zero attached hydrogens (tertiary/aromatic N) is 1. The van der Waals surface area contributed by atoms with Crippen molar-refractivity contribution in [1.82, 2.24) is 5.16 Å². The fraction of sp³-hybridized carbons (Fsp3) is 0.111. The van der Waals surface area contributed by atoms with Crippen molar-refractivity contribution in [1.29, 1.82) is 0 Å². The number of hydrogen-bond acceptors (Lipinski definition) is 5. The zero-order valence-corrected chi connectivity index (χ0v) is 13.6. The minimum absolute atomic E-state index is 0.0101. The maximum absolute atomic E-state index is 13.3. The van der Waals surface area contributed by atoms with E-state index in [1.807, 2.05) is 0 Å². The molecule has 25 heavy (non-hydrogen) atoms. The monoisotopic (exact) mass is 342 g/mol. The van der Waals surface area contributed by atoms with Gasteiger partial charge in [0.2, 0.25) is 5.76 Å². The number of carbonyl (C=O) groups is 1. The lowest BCUT2D eigenvalue weighted by atomic mass is 10.1. The number of halogens is 1. The molecule has 0 spiro atoms. The maximum atomic E-state index is 13.3. The van der Waals surface area contributed by atoms with Gasteiger partial charge in [0, 0.05) is 17.7 Å². The standard InChI is InChI=1S/C18H15FN2O4/c1-23-13-6-7-16(24-2)15(9-13)20-18(22)17-10-14(21-25-17)11-4-3-5-12(19)8-11/h3-10H,1-2H3,(H,20,22). The molecule has 1 amide bonds. The maximum Gasteiger partial charge on any atom is 0.294 e. The summed E-state index contributed by atoms with van der Waals surface area (Å²) in [5.41, 5.74) is 1.31. The van der Waals surface area contributed by atoms with Crippen molar-refractivity contribution in [2.75, 3.05) is 19.5 Å². The van der Waals surface area contributed by atoms with Crippen LogP contribution >= 0.6 is 0 Å². The number of aromatic nitrogens is 1. The van der Waals surface area contributed by atoms with E-state index in [0.717, 1.165) is 0 Å². The van der Waals surface area contributed by atoms with Crippen LogP contribution in [0.1, 0.15) is 10.6 Å². The minimum atomic E-state index is -0.512. The Morgan fingerprint density at radius 2 is 1.96 bits per heavy atom. The largest absolute Gasteiger partial charge is 0.497 e. The predicted molar refractivity (Wildman–Crippen MR) is 89.4 cm³/mol. The molecule has 0 aliphatic carbocycles. The summed E-state index contributed by atoms with van der Waals surface area (Å²) in [4.78, 5) is 12.4. The van der Waals surface area contributed by atoms with Gasteiger partial charge < -0.3 is 19.3 Å². The first kappa shape index (κ1) is 16.5. The van der Waals surface area contributed by atoms with E-state index in [-0.39, 0.29) is 5.76 Å². The summed E-state index contributed by atoms with van der Waals surface area (Å²) in [6.45, 7) is 0. The summed E-state index contributed by atoms with van der Waals surface area (Å²) in [5, 5.41) is 6.48. The van der Waals surface area contributed by atoms with Crippen LogP contribution < -0.4 is 14.8 Å². The molecule has 3 rings (SSSR count). The lowest BCUT2D eigenvalue weighted by Gasteiger charge is -2.10. The molecule has 1 N–H and O–H groups in total. The van der Waals surface area contributed by atoms with E-state index in [9.17, 15) is 9.18 Å². The number of hydrogen-bond donors (Lipinski definition) is 1. The second kappa shape index (κ2) is 7.04. The second-order valence-corrected chi connectivity index (χ2v) is 5.11. The molecule has 128 valence electrons. The molecule has 0 aliphatic rings. The van der Waals surface area contributed by atoms with Gasteiger partial charge in [0.1, 0.15) is 23.0 Å². The van der Waals surface area contributed by atoms with Crippen LogP contribution in [0.3, 0.4) is 0 Å². The van der Waals surface area contributed by atoms with Gasteiger partial charge >= 0.3 is 0 Å². The van der Waals surface area contributed by atoms with Gasteiger partial charge in [0.15, 0.2) is 0 Å². The first-order valence-electron chi connectivity index (χ1n) is 7.36.